The zero-order valence-electron chi connectivity index (χ0n) is 16.5. The number of benzene rings is 2. The number of anilines is 3. The number of nitrogens with zero attached hydrogens (tertiary/aromatic N) is 3. The molecule has 3 rings (SSSR count). The zero-order valence-corrected chi connectivity index (χ0v) is 17.3. The fraction of sp³-hybridized carbons (Fsp3) is 0.238. The third-order valence-electron chi connectivity index (χ3n) is 4.18. The maximum atomic E-state index is 12.9. The molecule has 0 aliphatic carbocycles. The molecule has 1 aromatic heterocycles. The summed E-state index contributed by atoms with van der Waals surface area (Å²) < 4.78 is 12.9. The van der Waals surface area contributed by atoms with Gasteiger partial charge in [-0.05, 0) is 43.2 Å². The van der Waals surface area contributed by atoms with Crippen LogP contribution in [0.2, 0.25) is 0 Å². The first-order valence-corrected chi connectivity index (χ1v) is 10.5. The summed E-state index contributed by atoms with van der Waals surface area (Å²) in [5.74, 6) is 0.893. The number of rotatable bonds is 9. The van der Waals surface area contributed by atoms with E-state index in [1.807, 2.05) is 37.3 Å². The molecular weight excluding hydrogens is 403 g/mol. The quantitative estimate of drug-likeness (QED) is 0.481. The van der Waals surface area contributed by atoms with Gasteiger partial charge in [-0.25, -0.2) is 4.39 Å². The molecule has 0 saturated heterocycles. The summed E-state index contributed by atoms with van der Waals surface area (Å²) in [5.41, 5.74) is 7.63. The molecule has 0 radical (unpaired) electrons. The minimum absolute atomic E-state index is 0.0846. The van der Waals surface area contributed by atoms with Crippen LogP contribution in [0.25, 0.3) is 0 Å². The van der Waals surface area contributed by atoms with Crippen LogP contribution >= 0.6 is 11.8 Å². The van der Waals surface area contributed by atoms with Crippen LogP contribution in [0.1, 0.15) is 23.6 Å². The van der Waals surface area contributed by atoms with Gasteiger partial charge in [-0.1, -0.05) is 30.3 Å². The number of aromatic nitrogens is 3. The van der Waals surface area contributed by atoms with E-state index in [1.54, 1.807) is 12.1 Å². The Labute approximate surface area is 178 Å². The first kappa shape index (κ1) is 21.5. The zero-order chi connectivity index (χ0) is 21.3. The van der Waals surface area contributed by atoms with Gasteiger partial charge in [0.2, 0.25) is 17.8 Å². The smallest absolute Gasteiger partial charge is 0.232 e. The molecule has 3 aromatic rings. The normalized spacial score (nSPS) is 11.7. The van der Waals surface area contributed by atoms with E-state index in [-0.39, 0.29) is 28.7 Å². The largest absolute Gasteiger partial charge is 0.368 e. The predicted molar refractivity (Wildman–Crippen MR) is 118 cm³/mol. The molecule has 0 spiro atoms. The lowest BCUT2D eigenvalue weighted by Crippen LogP contribution is -2.27. The van der Waals surface area contributed by atoms with Gasteiger partial charge >= 0.3 is 0 Å². The van der Waals surface area contributed by atoms with Crippen molar-refractivity contribution in [3.05, 3.63) is 71.8 Å². The molecule has 156 valence electrons. The molecule has 1 unspecified atom stereocenters. The fourth-order valence-electron chi connectivity index (χ4n) is 2.62. The number of halogens is 1. The number of carbonyl (C=O) groups is 1. The van der Waals surface area contributed by atoms with Gasteiger partial charge in [0.25, 0.3) is 0 Å². The lowest BCUT2D eigenvalue weighted by atomic mass is 10.1. The molecular formula is C21H23FN6OS. The summed E-state index contributed by atoms with van der Waals surface area (Å²) in [5, 5.41) is 5.82. The van der Waals surface area contributed by atoms with E-state index in [0.717, 1.165) is 11.3 Å². The molecule has 0 bridgehead atoms. The third kappa shape index (κ3) is 6.70. The first-order valence-electron chi connectivity index (χ1n) is 9.46. The number of para-hydroxylation sites is 1. The number of hydrogen-bond donors (Lipinski definition) is 3. The Hall–Kier alpha value is -3.20. The Morgan fingerprint density at radius 3 is 2.57 bits per heavy atom. The standard InChI is InChI=1S/C21H23FN6OS/c1-14(30-13-18(29)24-12-11-15-7-9-16(22)10-8-15)19-26-20(23)28-21(27-19)25-17-5-3-2-4-6-17/h2-10,14H,11-13H2,1H3,(H,24,29)(H3,23,25,26,27,28). The summed E-state index contributed by atoms with van der Waals surface area (Å²) in [7, 11) is 0. The maximum absolute atomic E-state index is 12.9. The number of nitrogen functional groups attached to an aromatic ring is 1. The average molecular weight is 427 g/mol. The van der Waals surface area contributed by atoms with Crippen LogP contribution in [-0.2, 0) is 11.2 Å². The molecule has 30 heavy (non-hydrogen) atoms. The molecule has 1 heterocycles. The van der Waals surface area contributed by atoms with Crippen molar-refractivity contribution >= 4 is 35.3 Å². The van der Waals surface area contributed by atoms with Crippen LogP contribution in [-0.4, -0.2) is 33.2 Å². The summed E-state index contributed by atoms with van der Waals surface area (Å²) in [4.78, 5) is 24.8. The van der Waals surface area contributed by atoms with Crippen molar-refractivity contribution in [2.45, 2.75) is 18.6 Å². The molecule has 0 saturated carbocycles. The summed E-state index contributed by atoms with van der Waals surface area (Å²) in [6.07, 6.45) is 0.644. The summed E-state index contributed by atoms with van der Waals surface area (Å²) >= 11 is 1.41. The van der Waals surface area contributed by atoms with Crippen LogP contribution in [0.5, 0.6) is 0 Å². The van der Waals surface area contributed by atoms with Gasteiger partial charge in [-0.15, -0.1) is 11.8 Å². The SMILES string of the molecule is CC(SCC(=O)NCCc1ccc(F)cc1)c1nc(N)nc(Nc2ccccc2)n1. The second-order valence-electron chi connectivity index (χ2n) is 6.55. The van der Waals surface area contributed by atoms with Crippen molar-refractivity contribution in [1.29, 1.82) is 0 Å². The lowest BCUT2D eigenvalue weighted by Gasteiger charge is -2.12. The minimum Gasteiger partial charge on any atom is -0.368 e. The molecule has 0 aliphatic heterocycles. The second-order valence-corrected chi connectivity index (χ2v) is 7.88. The number of amides is 1. The summed E-state index contributed by atoms with van der Waals surface area (Å²) in [6, 6.07) is 15.8. The van der Waals surface area contributed by atoms with Gasteiger partial charge in [0.05, 0.1) is 11.0 Å². The Bertz CT molecular complexity index is 971. The van der Waals surface area contributed by atoms with Crippen molar-refractivity contribution in [1.82, 2.24) is 20.3 Å². The van der Waals surface area contributed by atoms with Crippen molar-refractivity contribution in [3.63, 3.8) is 0 Å². The fourth-order valence-corrected chi connectivity index (χ4v) is 3.38. The molecule has 1 amide bonds. The van der Waals surface area contributed by atoms with Crippen LogP contribution in [0.3, 0.4) is 0 Å². The van der Waals surface area contributed by atoms with E-state index in [9.17, 15) is 9.18 Å². The van der Waals surface area contributed by atoms with E-state index >= 15 is 0 Å². The summed E-state index contributed by atoms with van der Waals surface area (Å²) in [6.45, 7) is 2.40. The third-order valence-corrected chi connectivity index (χ3v) is 5.32. The van der Waals surface area contributed by atoms with Crippen molar-refractivity contribution in [3.8, 4) is 0 Å². The van der Waals surface area contributed by atoms with E-state index in [2.05, 4.69) is 25.6 Å². The second kappa shape index (κ2) is 10.5. The molecule has 0 aliphatic rings. The minimum atomic E-state index is -0.269. The van der Waals surface area contributed by atoms with Gasteiger partial charge in [-0.2, -0.15) is 15.0 Å². The molecule has 0 fully saturated rings. The highest BCUT2D eigenvalue weighted by molar-refractivity contribution is 8.00. The average Bonchev–Trinajstić information content (AvgIpc) is 2.74. The number of carbonyl (C=O) groups excluding carboxylic acids is 1. The predicted octanol–water partition coefficient (Wildman–Crippen LogP) is 3.49. The van der Waals surface area contributed by atoms with Crippen LogP contribution in [0.4, 0.5) is 22.0 Å². The van der Waals surface area contributed by atoms with Crippen molar-refractivity contribution in [2.75, 3.05) is 23.3 Å². The van der Waals surface area contributed by atoms with Gasteiger partial charge < -0.3 is 16.4 Å². The maximum Gasteiger partial charge on any atom is 0.232 e. The van der Waals surface area contributed by atoms with Crippen LogP contribution in [0, 0.1) is 5.82 Å². The number of nitrogens with one attached hydrogen (secondary N) is 2. The van der Waals surface area contributed by atoms with Gasteiger partial charge in [-0.3, -0.25) is 4.79 Å². The molecule has 7 nitrogen and oxygen atoms in total. The van der Waals surface area contributed by atoms with E-state index in [1.165, 1.54) is 23.9 Å². The van der Waals surface area contributed by atoms with Crippen molar-refractivity contribution < 1.29 is 9.18 Å². The Balaban J connectivity index is 1.48. The molecule has 1 atom stereocenters. The molecule has 2 aromatic carbocycles. The highest BCUT2D eigenvalue weighted by Crippen LogP contribution is 2.26. The lowest BCUT2D eigenvalue weighted by molar-refractivity contribution is -0.118. The topological polar surface area (TPSA) is 106 Å². The molecule has 9 heteroatoms. The number of thioether (sulfide) groups is 1. The Morgan fingerprint density at radius 1 is 1.10 bits per heavy atom. The van der Waals surface area contributed by atoms with E-state index in [0.29, 0.717) is 24.7 Å². The van der Waals surface area contributed by atoms with Crippen LogP contribution in [0.15, 0.2) is 54.6 Å². The number of hydrogen-bond acceptors (Lipinski definition) is 7. The van der Waals surface area contributed by atoms with Crippen LogP contribution < -0.4 is 16.4 Å². The highest BCUT2D eigenvalue weighted by atomic mass is 32.2. The van der Waals surface area contributed by atoms with Gasteiger partial charge in [0.15, 0.2) is 0 Å². The molecule has 4 N–H and O–H groups in total. The van der Waals surface area contributed by atoms with E-state index in [4.69, 9.17) is 5.73 Å². The van der Waals surface area contributed by atoms with Crippen molar-refractivity contribution in [2.24, 2.45) is 0 Å². The Morgan fingerprint density at radius 2 is 1.83 bits per heavy atom. The van der Waals surface area contributed by atoms with E-state index < -0.39 is 0 Å². The first-order chi connectivity index (χ1) is 14.5. The monoisotopic (exact) mass is 426 g/mol. The Kier molecular flexibility index (Phi) is 7.56. The highest BCUT2D eigenvalue weighted by Gasteiger charge is 2.15. The van der Waals surface area contributed by atoms with Gasteiger partial charge in [0.1, 0.15) is 11.6 Å². The van der Waals surface area contributed by atoms with Gasteiger partial charge in [0, 0.05) is 12.2 Å². The number of nitrogens with two attached hydrogens (primary N) is 1.